The Kier molecular flexibility index (Phi) is 3.41. The molecule has 5 nitrogen and oxygen atoms in total. The van der Waals surface area contributed by atoms with Crippen LogP contribution in [0.25, 0.3) is 0 Å². The summed E-state index contributed by atoms with van der Waals surface area (Å²) < 4.78 is 0. The van der Waals surface area contributed by atoms with Crippen molar-refractivity contribution in [1.82, 2.24) is 5.32 Å². The van der Waals surface area contributed by atoms with Gasteiger partial charge in [-0.2, -0.15) is 0 Å². The lowest BCUT2D eigenvalue weighted by Crippen LogP contribution is -2.53. The Balaban J connectivity index is 2.99. The Morgan fingerprint density at radius 2 is 1.88 bits per heavy atom. The molecular weight excluding hydrogens is 218 g/mol. The largest absolute Gasteiger partial charge is 0.398 e. The van der Waals surface area contributed by atoms with E-state index in [1.807, 2.05) is 13.0 Å². The highest BCUT2D eigenvalue weighted by molar-refractivity contribution is 6.02. The maximum absolute atomic E-state index is 11.9. The minimum absolute atomic E-state index is 0.347. The van der Waals surface area contributed by atoms with Gasteiger partial charge < -0.3 is 16.8 Å². The summed E-state index contributed by atoms with van der Waals surface area (Å²) in [7, 11) is 0. The molecule has 0 spiro atoms. The minimum Gasteiger partial charge on any atom is -0.398 e. The van der Waals surface area contributed by atoms with Gasteiger partial charge in [0.05, 0.1) is 5.56 Å². The second-order valence-corrected chi connectivity index (χ2v) is 4.48. The molecule has 0 fully saturated rings. The number of para-hydroxylation sites is 1. The van der Waals surface area contributed by atoms with Crippen LogP contribution in [0.4, 0.5) is 5.69 Å². The van der Waals surface area contributed by atoms with E-state index in [-0.39, 0.29) is 0 Å². The van der Waals surface area contributed by atoms with E-state index >= 15 is 0 Å². The highest BCUT2D eigenvalue weighted by Gasteiger charge is 2.27. The van der Waals surface area contributed by atoms with Crippen LogP contribution in [0.2, 0.25) is 0 Å². The Hall–Kier alpha value is -2.04. The summed E-state index contributed by atoms with van der Waals surface area (Å²) in [6, 6.07) is 5.15. The van der Waals surface area contributed by atoms with Crippen molar-refractivity contribution in [2.24, 2.45) is 5.73 Å². The lowest BCUT2D eigenvalue weighted by Gasteiger charge is -2.22. The third-order valence-corrected chi connectivity index (χ3v) is 2.61. The molecule has 2 amide bonds. The number of aryl methyl sites for hydroxylation is 1. The number of hydrogen-bond acceptors (Lipinski definition) is 3. The number of nitrogens with two attached hydrogens (primary N) is 2. The van der Waals surface area contributed by atoms with E-state index in [4.69, 9.17) is 11.5 Å². The SMILES string of the molecule is Cc1cccc(C(=O)NC(C)(C)C(N)=O)c1N. The van der Waals surface area contributed by atoms with Gasteiger partial charge in [-0.15, -0.1) is 0 Å². The van der Waals surface area contributed by atoms with E-state index in [0.29, 0.717) is 11.3 Å². The van der Waals surface area contributed by atoms with Crippen molar-refractivity contribution in [3.05, 3.63) is 29.3 Å². The normalized spacial score (nSPS) is 11.0. The van der Waals surface area contributed by atoms with Gasteiger partial charge >= 0.3 is 0 Å². The number of benzene rings is 1. The zero-order valence-corrected chi connectivity index (χ0v) is 10.2. The van der Waals surface area contributed by atoms with Crippen LogP contribution in [0.3, 0.4) is 0 Å². The molecule has 92 valence electrons. The molecule has 1 aromatic carbocycles. The third-order valence-electron chi connectivity index (χ3n) is 2.61. The van der Waals surface area contributed by atoms with E-state index < -0.39 is 17.4 Å². The van der Waals surface area contributed by atoms with E-state index in [2.05, 4.69) is 5.32 Å². The summed E-state index contributed by atoms with van der Waals surface area (Å²) in [5.74, 6) is -1.01. The highest BCUT2D eigenvalue weighted by atomic mass is 16.2. The Bertz CT molecular complexity index is 467. The summed E-state index contributed by atoms with van der Waals surface area (Å²) in [5.41, 5.74) is 11.4. The number of carbonyl (C=O) groups excluding carboxylic acids is 2. The van der Waals surface area contributed by atoms with Crippen LogP contribution < -0.4 is 16.8 Å². The predicted molar refractivity (Wildman–Crippen MR) is 66.3 cm³/mol. The molecule has 0 bridgehead atoms. The van der Waals surface area contributed by atoms with Crippen molar-refractivity contribution in [2.75, 3.05) is 5.73 Å². The Morgan fingerprint density at radius 3 is 2.41 bits per heavy atom. The fraction of sp³-hybridized carbons (Fsp3) is 0.333. The molecule has 0 atom stereocenters. The van der Waals surface area contributed by atoms with E-state index in [9.17, 15) is 9.59 Å². The van der Waals surface area contributed by atoms with Gasteiger partial charge in [0.2, 0.25) is 5.91 Å². The Morgan fingerprint density at radius 1 is 1.29 bits per heavy atom. The molecule has 0 unspecified atom stereocenters. The molecule has 1 rings (SSSR count). The number of anilines is 1. The van der Waals surface area contributed by atoms with Crippen molar-refractivity contribution < 1.29 is 9.59 Å². The van der Waals surface area contributed by atoms with Gasteiger partial charge in [0.25, 0.3) is 5.91 Å². The second-order valence-electron chi connectivity index (χ2n) is 4.48. The topological polar surface area (TPSA) is 98.2 Å². The maximum atomic E-state index is 11.9. The van der Waals surface area contributed by atoms with Gasteiger partial charge in [-0.3, -0.25) is 9.59 Å². The first-order chi connectivity index (χ1) is 7.75. The molecule has 0 aliphatic heterocycles. The predicted octanol–water partition coefficient (Wildman–Crippen LogP) is 0.571. The van der Waals surface area contributed by atoms with Crippen LogP contribution >= 0.6 is 0 Å². The van der Waals surface area contributed by atoms with Gasteiger partial charge in [-0.1, -0.05) is 12.1 Å². The lowest BCUT2D eigenvalue weighted by atomic mass is 10.0. The molecule has 5 heteroatoms. The van der Waals surface area contributed by atoms with Gasteiger partial charge in [0.1, 0.15) is 5.54 Å². The Labute approximate surface area is 100 Å². The van der Waals surface area contributed by atoms with Crippen LogP contribution in [-0.2, 0) is 4.79 Å². The summed E-state index contributed by atoms with van der Waals surface area (Å²) in [6.07, 6.45) is 0. The standard InChI is InChI=1S/C12H17N3O2/c1-7-5-4-6-8(9(7)13)10(16)15-12(2,3)11(14)17/h4-6H,13H2,1-3H3,(H2,14,17)(H,15,16). The van der Waals surface area contributed by atoms with Gasteiger partial charge in [-0.25, -0.2) is 0 Å². The van der Waals surface area contributed by atoms with Crippen molar-refractivity contribution >= 4 is 17.5 Å². The van der Waals surface area contributed by atoms with Gasteiger partial charge in [-0.05, 0) is 32.4 Å². The number of carbonyl (C=O) groups is 2. The van der Waals surface area contributed by atoms with Gasteiger partial charge in [0.15, 0.2) is 0 Å². The van der Waals surface area contributed by atoms with E-state index in [1.54, 1.807) is 26.0 Å². The average molecular weight is 235 g/mol. The number of nitrogen functional groups attached to an aromatic ring is 1. The first kappa shape index (κ1) is 13.0. The number of primary amides is 1. The first-order valence-corrected chi connectivity index (χ1v) is 5.23. The monoisotopic (exact) mass is 235 g/mol. The third kappa shape index (κ3) is 2.75. The van der Waals surface area contributed by atoms with Crippen molar-refractivity contribution in [2.45, 2.75) is 26.3 Å². The molecule has 0 aliphatic carbocycles. The number of amides is 2. The fourth-order valence-corrected chi connectivity index (χ4v) is 1.29. The molecule has 1 aromatic rings. The number of nitrogens with one attached hydrogen (secondary N) is 1. The number of rotatable bonds is 3. The molecular formula is C12H17N3O2. The second kappa shape index (κ2) is 4.45. The first-order valence-electron chi connectivity index (χ1n) is 5.23. The molecule has 17 heavy (non-hydrogen) atoms. The van der Waals surface area contributed by atoms with E-state index in [1.165, 1.54) is 0 Å². The molecule has 0 saturated carbocycles. The summed E-state index contributed by atoms with van der Waals surface area (Å²) in [4.78, 5) is 23.1. The lowest BCUT2D eigenvalue weighted by molar-refractivity contribution is -0.122. The summed E-state index contributed by atoms with van der Waals surface area (Å²) in [6.45, 7) is 4.89. The molecule has 5 N–H and O–H groups in total. The molecule has 0 radical (unpaired) electrons. The van der Waals surface area contributed by atoms with Crippen LogP contribution in [0.5, 0.6) is 0 Å². The van der Waals surface area contributed by atoms with Crippen molar-refractivity contribution in [3.8, 4) is 0 Å². The summed E-state index contributed by atoms with van der Waals surface area (Å²) >= 11 is 0. The van der Waals surface area contributed by atoms with Crippen LogP contribution in [-0.4, -0.2) is 17.4 Å². The van der Waals surface area contributed by atoms with E-state index in [0.717, 1.165) is 5.56 Å². The van der Waals surface area contributed by atoms with Gasteiger partial charge in [0, 0.05) is 5.69 Å². The molecule has 0 heterocycles. The van der Waals surface area contributed by atoms with Crippen LogP contribution in [0.1, 0.15) is 29.8 Å². The van der Waals surface area contributed by atoms with Crippen molar-refractivity contribution in [3.63, 3.8) is 0 Å². The number of hydrogen-bond donors (Lipinski definition) is 3. The molecule has 0 saturated heterocycles. The quantitative estimate of drug-likeness (QED) is 0.668. The van der Waals surface area contributed by atoms with Crippen molar-refractivity contribution in [1.29, 1.82) is 0 Å². The minimum atomic E-state index is -1.10. The molecule has 0 aliphatic rings. The summed E-state index contributed by atoms with van der Waals surface area (Å²) in [5, 5.41) is 2.55. The fourth-order valence-electron chi connectivity index (χ4n) is 1.29. The zero-order chi connectivity index (χ0) is 13.2. The zero-order valence-electron chi connectivity index (χ0n) is 10.2. The van der Waals surface area contributed by atoms with Crippen LogP contribution in [0, 0.1) is 6.92 Å². The highest BCUT2D eigenvalue weighted by Crippen LogP contribution is 2.17. The molecule has 0 aromatic heterocycles. The van der Waals surface area contributed by atoms with Crippen LogP contribution in [0.15, 0.2) is 18.2 Å². The maximum Gasteiger partial charge on any atom is 0.254 e. The average Bonchev–Trinajstić information content (AvgIpc) is 2.21. The smallest absolute Gasteiger partial charge is 0.254 e.